The number of nitrogens with one attached hydrogen (secondary N) is 2. The van der Waals surface area contributed by atoms with Gasteiger partial charge in [0.25, 0.3) is 5.91 Å². The summed E-state index contributed by atoms with van der Waals surface area (Å²) in [6, 6.07) is 17.3. The lowest BCUT2D eigenvalue weighted by Crippen LogP contribution is -2.13. The van der Waals surface area contributed by atoms with Gasteiger partial charge in [-0.25, -0.2) is 9.78 Å². The molecule has 0 aliphatic heterocycles. The molecule has 1 aromatic heterocycles. The third-order valence-corrected chi connectivity index (χ3v) is 4.05. The Morgan fingerprint density at radius 3 is 2.48 bits per heavy atom. The van der Waals surface area contributed by atoms with Crippen LogP contribution in [-0.4, -0.2) is 30.6 Å². The smallest absolute Gasteiger partial charge is 0.338 e. The predicted octanol–water partition coefficient (Wildman–Crippen LogP) is 4.26. The van der Waals surface area contributed by atoms with Crippen LogP contribution in [-0.2, 0) is 4.74 Å². The Morgan fingerprint density at radius 1 is 1.00 bits per heavy atom. The molecule has 0 bridgehead atoms. The first-order valence-electron chi connectivity index (χ1n) is 9.05. The largest absolute Gasteiger partial charge is 0.495 e. The van der Waals surface area contributed by atoms with E-state index in [0.717, 1.165) is 5.69 Å². The van der Waals surface area contributed by atoms with Crippen LogP contribution >= 0.6 is 0 Å². The third kappa shape index (κ3) is 5.10. The second-order valence-electron chi connectivity index (χ2n) is 6.01. The molecule has 0 saturated heterocycles. The molecule has 0 radical (unpaired) electrons. The molecule has 3 aromatic rings. The fraction of sp³-hybridized carbons (Fsp3) is 0.136. The maximum Gasteiger partial charge on any atom is 0.338 e. The quantitative estimate of drug-likeness (QED) is 0.585. The molecule has 0 spiro atoms. The van der Waals surface area contributed by atoms with Crippen LogP contribution in [0, 0.1) is 0 Å². The molecule has 2 N–H and O–H groups in total. The lowest BCUT2D eigenvalue weighted by molar-refractivity contribution is 0.0526. The van der Waals surface area contributed by atoms with Crippen LogP contribution in [0.5, 0.6) is 5.75 Å². The molecule has 148 valence electrons. The number of benzene rings is 2. The van der Waals surface area contributed by atoms with Crippen molar-refractivity contribution < 1.29 is 19.1 Å². The van der Waals surface area contributed by atoms with Gasteiger partial charge in [-0.2, -0.15) is 0 Å². The molecule has 0 fully saturated rings. The van der Waals surface area contributed by atoms with E-state index in [2.05, 4.69) is 15.6 Å². The number of hydrogen-bond donors (Lipinski definition) is 2. The van der Waals surface area contributed by atoms with Crippen molar-refractivity contribution in [2.24, 2.45) is 0 Å². The maximum absolute atomic E-state index is 12.6. The number of esters is 1. The van der Waals surface area contributed by atoms with Crippen molar-refractivity contribution in [1.82, 2.24) is 4.98 Å². The summed E-state index contributed by atoms with van der Waals surface area (Å²) < 4.78 is 10.2. The van der Waals surface area contributed by atoms with Crippen molar-refractivity contribution in [2.75, 3.05) is 24.4 Å². The SMILES string of the molecule is CCOC(=O)c1ccc(Nc2cc(C(=O)Nc3ccccc3OC)ccn2)cc1. The summed E-state index contributed by atoms with van der Waals surface area (Å²) in [5.74, 6) is 0.432. The Labute approximate surface area is 168 Å². The van der Waals surface area contributed by atoms with E-state index in [1.165, 1.54) is 0 Å². The van der Waals surface area contributed by atoms with E-state index in [9.17, 15) is 9.59 Å². The Bertz CT molecular complexity index is 1000. The average Bonchev–Trinajstić information content (AvgIpc) is 2.75. The van der Waals surface area contributed by atoms with Gasteiger partial charge in [0.05, 0.1) is 25.0 Å². The van der Waals surface area contributed by atoms with Crippen molar-refractivity contribution in [3.05, 3.63) is 78.0 Å². The minimum Gasteiger partial charge on any atom is -0.495 e. The molecule has 3 rings (SSSR count). The highest BCUT2D eigenvalue weighted by atomic mass is 16.5. The van der Waals surface area contributed by atoms with Gasteiger partial charge in [-0.15, -0.1) is 0 Å². The molecular formula is C22H21N3O4. The molecule has 2 aromatic carbocycles. The monoisotopic (exact) mass is 391 g/mol. The standard InChI is InChI=1S/C22H21N3O4/c1-3-29-22(27)15-8-10-17(11-9-15)24-20-14-16(12-13-23-20)21(26)25-18-6-4-5-7-19(18)28-2/h4-14H,3H2,1-2H3,(H,23,24)(H,25,26). The van der Waals surface area contributed by atoms with Gasteiger partial charge in [-0.1, -0.05) is 12.1 Å². The van der Waals surface area contributed by atoms with Crippen LogP contribution in [0.15, 0.2) is 66.9 Å². The van der Waals surface area contributed by atoms with Gasteiger partial charge < -0.3 is 20.1 Å². The fourth-order valence-corrected chi connectivity index (χ4v) is 2.63. The molecule has 0 aliphatic rings. The van der Waals surface area contributed by atoms with Crippen LogP contribution in [0.3, 0.4) is 0 Å². The minimum absolute atomic E-state index is 0.280. The van der Waals surface area contributed by atoms with Gasteiger partial charge in [-0.05, 0) is 55.5 Å². The number of nitrogens with zero attached hydrogens (tertiary/aromatic N) is 1. The Kier molecular flexibility index (Phi) is 6.42. The minimum atomic E-state index is -0.368. The fourth-order valence-electron chi connectivity index (χ4n) is 2.63. The molecule has 1 amide bonds. The van der Waals surface area contributed by atoms with Gasteiger partial charge in [0.15, 0.2) is 0 Å². The molecule has 7 heteroatoms. The maximum atomic E-state index is 12.6. The van der Waals surface area contributed by atoms with Crippen LogP contribution in [0.4, 0.5) is 17.2 Å². The number of carbonyl (C=O) groups excluding carboxylic acids is 2. The summed E-state index contributed by atoms with van der Waals surface area (Å²) in [4.78, 5) is 28.6. The van der Waals surface area contributed by atoms with Gasteiger partial charge in [0, 0.05) is 17.4 Å². The normalized spacial score (nSPS) is 10.1. The number of ether oxygens (including phenoxy) is 2. The number of amides is 1. The van der Waals surface area contributed by atoms with Crippen LogP contribution in [0.2, 0.25) is 0 Å². The first-order valence-corrected chi connectivity index (χ1v) is 9.05. The van der Waals surface area contributed by atoms with Crippen molar-refractivity contribution in [2.45, 2.75) is 6.92 Å². The Hall–Kier alpha value is -3.87. The van der Waals surface area contributed by atoms with E-state index in [1.54, 1.807) is 68.8 Å². The van der Waals surface area contributed by atoms with Crippen LogP contribution < -0.4 is 15.4 Å². The zero-order chi connectivity index (χ0) is 20.6. The van der Waals surface area contributed by atoms with Crippen molar-refractivity contribution in [1.29, 1.82) is 0 Å². The molecule has 29 heavy (non-hydrogen) atoms. The van der Waals surface area contributed by atoms with Gasteiger partial charge in [0.2, 0.25) is 0 Å². The summed E-state index contributed by atoms with van der Waals surface area (Å²) in [5, 5.41) is 5.95. The zero-order valence-corrected chi connectivity index (χ0v) is 16.1. The van der Waals surface area contributed by atoms with E-state index in [4.69, 9.17) is 9.47 Å². The molecule has 0 aliphatic carbocycles. The topological polar surface area (TPSA) is 89.5 Å². The molecule has 1 heterocycles. The lowest BCUT2D eigenvalue weighted by atomic mass is 10.2. The number of anilines is 3. The number of pyridine rings is 1. The highest BCUT2D eigenvalue weighted by molar-refractivity contribution is 6.05. The van der Waals surface area contributed by atoms with E-state index < -0.39 is 0 Å². The summed E-state index contributed by atoms with van der Waals surface area (Å²) in [6.45, 7) is 2.09. The molecule has 0 unspecified atom stereocenters. The summed E-state index contributed by atoms with van der Waals surface area (Å²) in [5.41, 5.74) is 2.22. The van der Waals surface area contributed by atoms with E-state index in [-0.39, 0.29) is 11.9 Å². The first kappa shape index (κ1) is 19.9. The zero-order valence-electron chi connectivity index (χ0n) is 16.1. The van der Waals surface area contributed by atoms with Crippen molar-refractivity contribution >= 4 is 29.1 Å². The van der Waals surface area contributed by atoms with Crippen LogP contribution in [0.25, 0.3) is 0 Å². The van der Waals surface area contributed by atoms with Crippen LogP contribution in [0.1, 0.15) is 27.6 Å². The number of hydrogen-bond acceptors (Lipinski definition) is 6. The number of carbonyl (C=O) groups is 2. The summed E-state index contributed by atoms with van der Waals surface area (Å²) in [6.07, 6.45) is 1.55. The second-order valence-corrected chi connectivity index (χ2v) is 6.01. The highest BCUT2D eigenvalue weighted by Crippen LogP contribution is 2.24. The van der Waals surface area contributed by atoms with Gasteiger partial charge in [-0.3, -0.25) is 4.79 Å². The average molecular weight is 391 g/mol. The summed E-state index contributed by atoms with van der Waals surface area (Å²) >= 11 is 0. The van der Waals surface area contributed by atoms with Gasteiger partial charge in [0.1, 0.15) is 11.6 Å². The molecule has 7 nitrogen and oxygen atoms in total. The third-order valence-electron chi connectivity index (χ3n) is 4.05. The van der Waals surface area contributed by atoms with Crippen molar-refractivity contribution in [3.63, 3.8) is 0 Å². The second kappa shape index (κ2) is 9.36. The molecular weight excluding hydrogens is 370 g/mol. The van der Waals surface area contributed by atoms with E-state index >= 15 is 0 Å². The van der Waals surface area contributed by atoms with Gasteiger partial charge >= 0.3 is 5.97 Å². The summed E-state index contributed by atoms with van der Waals surface area (Å²) in [7, 11) is 1.55. The molecule has 0 saturated carbocycles. The lowest BCUT2D eigenvalue weighted by Gasteiger charge is -2.11. The number of methoxy groups -OCH3 is 1. The van der Waals surface area contributed by atoms with E-state index in [1.807, 2.05) is 12.1 Å². The van der Waals surface area contributed by atoms with E-state index in [0.29, 0.717) is 35.0 Å². The molecule has 0 atom stereocenters. The Balaban J connectivity index is 1.71. The van der Waals surface area contributed by atoms with Crippen molar-refractivity contribution in [3.8, 4) is 5.75 Å². The number of para-hydroxylation sites is 2. The number of rotatable bonds is 7. The highest BCUT2D eigenvalue weighted by Gasteiger charge is 2.11. The first-order chi connectivity index (χ1) is 14.1. The number of aromatic nitrogens is 1. The predicted molar refractivity (Wildman–Crippen MR) is 111 cm³/mol. The Morgan fingerprint density at radius 2 is 1.76 bits per heavy atom.